The highest BCUT2D eigenvalue weighted by molar-refractivity contribution is 5.40. The Hall–Kier alpha value is -1.84. The topological polar surface area (TPSA) is 43.8 Å². The fraction of sp³-hybridized carbons (Fsp3) is 0.100. The van der Waals surface area contributed by atoms with Gasteiger partial charge in [-0.1, -0.05) is 6.07 Å². The van der Waals surface area contributed by atoms with E-state index < -0.39 is 0 Å². The van der Waals surface area contributed by atoms with E-state index in [1.54, 1.807) is 35.3 Å². The number of nitrogen functional groups attached to an aromatic ring is 1. The van der Waals surface area contributed by atoms with Crippen LogP contribution in [0.3, 0.4) is 0 Å². The zero-order valence-corrected chi connectivity index (χ0v) is 7.52. The quantitative estimate of drug-likeness (QED) is 0.733. The molecule has 72 valence electrons. The van der Waals surface area contributed by atoms with Crippen molar-refractivity contribution in [2.24, 2.45) is 0 Å². The van der Waals surface area contributed by atoms with Gasteiger partial charge in [-0.3, -0.25) is 4.68 Å². The molecule has 0 radical (unpaired) electrons. The van der Waals surface area contributed by atoms with E-state index in [-0.39, 0.29) is 5.82 Å². The van der Waals surface area contributed by atoms with Gasteiger partial charge in [-0.25, -0.2) is 4.39 Å². The second kappa shape index (κ2) is 3.49. The molecule has 1 heterocycles. The Labute approximate surface area is 81.0 Å². The molecule has 0 amide bonds. The number of aromatic nitrogens is 2. The van der Waals surface area contributed by atoms with Crippen LogP contribution in [-0.2, 0) is 6.54 Å². The zero-order valence-electron chi connectivity index (χ0n) is 7.52. The molecule has 1 aromatic heterocycles. The van der Waals surface area contributed by atoms with Crippen molar-refractivity contribution in [3.05, 3.63) is 48.0 Å². The molecule has 2 aromatic rings. The van der Waals surface area contributed by atoms with E-state index in [4.69, 9.17) is 5.73 Å². The highest BCUT2D eigenvalue weighted by Crippen LogP contribution is 2.12. The Bertz CT molecular complexity index is 423. The first-order valence-electron chi connectivity index (χ1n) is 4.27. The second-order valence-corrected chi connectivity index (χ2v) is 3.05. The maximum atomic E-state index is 13.3. The van der Waals surface area contributed by atoms with Crippen molar-refractivity contribution in [2.45, 2.75) is 6.54 Å². The van der Waals surface area contributed by atoms with Gasteiger partial charge in [0.1, 0.15) is 5.82 Å². The van der Waals surface area contributed by atoms with Gasteiger partial charge in [0.05, 0.1) is 6.54 Å². The Morgan fingerprint density at radius 2 is 2.29 bits per heavy atom. The van der Waals surface area contributed by atoms with Crippen molar-refractivity contribution in [2.75, 3.05) is 5.73 Å². The second-order valence-electron chi connectivity index (χ2n) is 3.05. The number of benzene rings is 1. The van der Waals surface area contributed by atoms with Crippen LogP contribution in [0, 0.1) is 5.82 Å². The fourth-order valence-corrected chi connectivity index (χ4v) is 1.26. The molecule has 0 aliphatic heterocycles. The lowest BCUT2D eigenvalue weighted by molar-refractivity contribution is 0.586. The van der Waals surface area contributed by atoms with Gasteiger partial charge in [0.15, 0.2) is 0 Å². The van der Waals surface area contributed by atoms with E-state index >= 15 is 0 Å². The summed E-state index contributed by atoms with van der Waals surface area (Å²) in [6, 6.07) is 6.47. The van der Waals surface area contributed by atoms with E-state index in [0.29, 0.717) is 17.8 Å². The number of nitrogens with zero attached hydrogens (tertiary/aromatic N) is 2. The monoisotopic (exact) mass is 191 g/mol. The van der Waals surface area contributed by atoms with Crippen molar-refractivity contribution in [3.8, 4) is 0 Å². The lowest BCUT2D eigenvalue weighted by Gasteiger charge is -2.03. The van der Waals surface area contributed by atoms with Crippen LogP contribution in [0.5, 0.6) is 0 Å². The molecule has 2 N–H and O–H groups in total. The van der Waals surface area contributed by atoms with Gasteiger partial charge < -0.3 is 5.73 Å². The lowest BCUT2D eigenvalue weighted by atomic mass is 10.2. The van der Waals surface area contributed by atoms with Crippen molar-refractivity contribution >= 4 is 5.69 Å². The maximum absolute atomic E-state index is 13.3. The number of halogens is 1. The number of rotatable bonds is 2. The maximum Gasteiger partial charge on any atom is 0.130 e. The highest BCUT2D eigenvalue weighted by Gasteiger charge is 2.02. The summed E-state index contributed by atoms with van der Waals surface area (Å²) in [5.74, 6) is -0.291. The molecule has 0 fully saturated rings. The van der Waals surface area contributed by atoms with E-state index in [1.807, 2.05) is 0 Å². The van der Waals surface area contributed by atoms with Gasteiger partial charge in [-0.05, 0) is 18.2 Å². The normalized spacial score (nSPS) is 10.4. The Morgan fingerprint density at radius 1 is 1.43 bits per heavy atom. The zero-order chi connectivity index (χ0) is 9.97. The van der Waals surface area contributed by atoms with Crippen molar-refractivity contribution in [1.82, 2.24) is 9.78 Å². The molecule has 0 atom stereocenters. The van der Waals surface area contributed by atoms with Crippen LogP contribution in [0.25, 0.3) is 0 Å². The summed E-state index contributed by atoms with van der Waals surface area (Å²) >= 11 is 0. The Morgan fingerprint density at radius 3 is 2.93 bits per heavy atom. The predicted molar refractivity (Wildman–Crippen MR) is 52.1 cm³/mol. The first-order valence-corrected chi connectivity index (χ1v) is 4.27. The molecule has 0 saturated heterocycles. The highest BCUT2D eigenvalue weighted by atomic mass is 19.1. The molecular formula is C10H10FN3. The molecule has 4 heteroatoms. The largest absolute Gasteiger partial charge is 0.399 e. The van der Waals surface area contributed by atoms with Crippen LogP contribution in [0.4, 0.5) is 10.1 Å². The summed E-state index contributed by atoms with van der Waals surface area (Å²) in [4.78, 5) is 0. The first-order chi connectivity index (χ1) is 6.75. The molecule has 3 nitrogen and oxygen atoms in total. The third-order valence-corrected chi connectivity index (χ3v) is 1.97. The van der Waals surface area contributed by atoms with Gasteiger partial charge in [-0.15, -0.1) is 0 Å². The molecule has 0 aliphatic carbocycles. The van der Waals surface area contributed by atoms with Crippen LogP contribution in [0.2, 0.25) is 0 Å². The molecule has 2 rings (SSSR count). The van der Waals surface area contributed by atoms with E-state index in [2.05, 4.69) is 5.10 Å². The first kappa shape index (κ1) is 8.74. The van der Waals surface area contributed by atoms with E-state index in [0.717, 1.165) is 0 Å². The predicted octanol–water partition coefficient (Wildman–Crippen LogP) is 1.65. The van der Waals surface area contributed by atoms with Crippen molar-refractivity contribution in [1.29, 1.82) is 0 Å². The summed E-state index contributed by atoms with van der Waals surface area (Å²) in [5, 5.41) is 3.99. The van der Waals surface area contributed by atoms with E-state index in [1.165, 1.54) is 6.07 Å². The molecule has 0 bridgehead atoms. The Kier molecular flexibility index (Phi) is 2.18. The van der Waals surface area contributed by atoms with Gasteiger partial charge >= 0.3 is 0 Å². The smallest absolute Gasteiger partial charge is 0.130 e. The summed E-state index contributed by atoms with van der Waals surface area (Å²) in [5.41, 5.74) is 6.46. The standard InChI is InChI=1S/C10H10FN3/c11-10-6-9(12)3-2-8(10)7-14-5-1-4-13-14/h1-6H,7,12H2. The fourth-order valence-electron chi connectivity index (χ4n) is 1.26. The molecule has 0 spiro atoms. The van der Waals surface area contributed by atoms with Crippen LogP contribution in [0.1, 0.15) is 5.56 Å². The van der Waals surface area contributed by atoms with Gasteiger partial charge in [0.25, 0.3) is 0 Å². The minimum Gasteiger partial charge on any atom is -0.399 e. The Balaban J connectivity index is 2.25. The lowest BCUT2D eigenvalue weighted by Crippen LogP contribution is -2.02. The minimum atomic E-state index is -0.291. The van der Waals surface area contributed by atoms with Crippen molar-refractivity contribution in [3.63, 3.8) is 0 Å². The average molecular weight is 191 g/mol. The van der Waals surface area contributed by atoms with Crippen LogP contribution >= 0.6 is 0 Å². The van der Waals surface area contributed by atoms with Crippen LogP contribution in [0.15, 0.2) is 36.7 Å². The van der Waals surface area contributed by atoms with Crippen LogP contribution < -0.4 is 5.73 Å². The molecule has 1 aromatic carbocycles. The number of anilines is 1. The SMILES string of the molecule is Nc1ccc(Cn2cccn2)c(F)c1. The van der Waals surface area contributed by atoms with Gasteiger partial charge in [-0.2, -0.15) is 5.10 Å². The van der Waals surface area contributed by atoms with Crippen molar-refractivity contribution < 1.29 is 4.39 Å². The van der Waals surface area contributed by atoms with E-state index in [9.17, 15) is 4.39 Å². The number of nitrogens with two attached hydrogens (primary N) is 1. The average Bonchev–Trinajstić information content (AvgIpc) is 2.62. The number of hydrogen-bond acceptors (Lipinski definition) is 2. The molecule has 0 aliphatic rings. The number of hydrogen-bond donors (Lipinski definition) is 1. The van der Waals surface area contributed by atoms with Gasteiger partial charge in [0, 0.05) is 23.6 Å². The molecular weight excluding hydrogens is 181 g/mol. The minimum absolute atomic E-state index is 0.291. The van der Waals surface area contributed by atoms with Gasteiger partial charge in [0.2, 0.25) is 0 Å². The summed E-state index contributed by atoms with van der Waals surface area (Å²) in [6.07, 6.45) is 3.45. The van der Waals surface area contributed by atoms with Crippen LogP contribution in [-0.4, -0.2) is 9.78 Å². The third-order valence-electron chi connectivity index (χ3n) is 1.97. The summed E-state index contributed by atoms with van der Waals surface area (Å²) in [7, 11) is 0. The molecule has 0 unspecified atom stereocenters. The summed E-state index contributed by atoms with van der Waals surface area (Å²) in [6.45, 7) is 0.430. The molecule has 14 heavy (non-hydrogen) atoms. The molecule has 0 saturated carbocycles. The third kappa shape index (κ3) is 1.74. The summed E-state index contributed by atoms with van der Waals surface area (Å²) < 4.78 is 15.0.